The first-order valence-corrected chi connectivity index (χ1v) is 11.8. The number of nitrogens with one attached hydrogen (secondary N) is 1. The van der Waals surface area contributed by atoms with Crippen molar-refractivity contribution in [3.63, 3.8) is 0 Å². The minimum Gasteiger partial charge on any atom is -0.346 e. The van der Waals surface area contributed by atoms with Crippen molar-refractivity contribution in [2.45, 2.75) is 37.4 Å². The van der Waals surface area contributed by atoms with Crippen molar-refractivity contribution in [3.8, 4) is 5.82 Å². The number of rotatable bonds is 4. The Hall–Kier alpha value is -3.53. The molecule has 6 rings (SSSR count). The van der Waals surface area contributed by atoms with Crippen LogP contribution in [0.4, 0.5) is 19.0 Å². The number of fused-ring (bicyclic) bond motifs is 1. The van der Waals surface area contributed by atoms with E-state index in [2.05, 4.69) is 20.4 Å². The molecule has 2 aliphatic rings. The zero-order valence-corrected chi connectivity index (χ0v) is 18.9. The third kappa shape index (κ3) is 4.12. The van der Waals surface area contributed by atoms with Gasteiger partial charge in [-0.25, -0.2) is 32.8 Å². The third-order valence-electron chi connectivity index (χ3n) is 6.94. The summed E-state index contributed by atoms with van der Waals surface area (Å²) in [7, 11) is 0. The average molecular weight is 480 g/mol. The molecule has 0 bridgehead atoms. The lowest BCUT2D eigenvalue weighted by molar-refractivity contribution is 0.355. The van der Waals surface area contributed by atoms with Gasteiger partial charge in [0.25, 0.3) is 0 Å². The van der Waals surface area contributed by atoms with Crippen molar-refractivity contribution < 1.29 is 13.2 Å². The molecule has 2 saturated heterocycles. The fourth-order valence-electron chi connectivity index (χ4n) is 5.17. The Bertz CT molecular complexity index is 1370. The van der Waals surface area contributed by atoms with Crippen LogP contribution in [0, 0.1) is 11.6 Å². The van der Waals surface area contributed by atoms with Crippen molar-refractivity contribution in [2.75, 3.05) is 24.5 Å². The summed E-state index contributed by atoms with van der Waals surface area (Å²) in [5, 5.41) is 7.91. The number of piperidine rings is 1. The van der Waals surface area contributed by atoms with Gasteiger partial charge in [0.15, 0.2) is 5.82 Å². The van der Waals surface area contributed by atoms with Crippen LogP contribution in [0.1, 0.15) is 42.3 Å². The number of anilines is 1. The molecule has 0 radical (unpaired) electrons. The first kappa shape index (κ1) is 22.0. The Morgan fingerprint density at radius 1 is 1.03 bits per heavy atom. The molecular weight excluding hydrogens is 455 g/mol. The van der Waals surface area contributed by atoms with Crippen LogP contribution in [0.5, 0.6) is 0 Å². The molecule has 3 aromatic heterocycles. The maximum absolute atomic E-state index is 14.6. The van der Waals surface area contributed by atoms with E-state index in [9.17, 15) is 13.2 Å². The van der Waals surface area contributed by atoms with Gasteiger partial charge >= 0.3 is 0 Å². The van der Waals surface area contributed by atoms with E-state index in [1.807, 2.05) is 12.4 Å². The SMILES string of the molecule is Fc1ccc(F)c([C@H]2C[C@H](F)CN2c2ccc3ncnc(-n4cc(C5CCNCC5)cn4)c3n2)c1. The highest BCUT2D eigenvalue weighted by Gasteiger charge is 2.36. The molecular formula is C25H24F3N7. The smallest absolute Gasteiger partial charge is 0.183 e. The summed E-state index contributed by atoms with van der Waals surface area (Å²) in [6, 6.07) is 6.11. The van der Waals surface area contributed by atoms with Gasteiger partial charge in [-0.05, 0) is 67.7 Å². The first-order valence-electron chi connectivity index (χ1n) is 11.8. The number of hydrogen-bond donors (Lipinski definition) is 1. The van der Waals surface area contributed by atoms with E-state index in [0.717, 1.165) is 49.7 Å². The van der Waals surface area contributed by atoms with Crippen LogP contribution in [0.15, 0.2) is 49.1 Å². The zero-order chi connectivity index (χ0) is 23.9. The number of benzene rings is 1. The fourth-order valence-corrected chi connectivity index (χ4v) is 5.17. The predicted molar refractivity (Wildman–Crippen MR) is 125 cm³/mol. The molecule has 10 heteroatoms. The molecule has 2 fully saturated rings. The summed E-state index contributed by atoms with van der Waals surface area (Å²) < 4.78 is 44.7. The topological polar surface area (TPSA) is 71.8 Å². The number of pyridine rings is 1. The molecule has 1 aromatic carbocycles. The van der Waals surface area contributed by atoms with Crippen LogP contribution in [0.3, 0.4) is 0 Å². The highest BCUT2D eigenvalue weighted by atomic mass is 19.1. The van der Waals surface area contributed by atoms with Gasteiger partial charge < -0.3 is 10.2 Å². The molecule has 7 nitrogen and oxygen atoms in total. The van der Waals surface area contributed by atoms with Gasteiger partial charge in [-0.2, -0.15) is 5.10 Å². The summed E-state index contributed by atoms with van der Waals surface area (Å²) in [5.74, 6) is 0.278. The first-order chi connectivity index (χ1) is 17.1. The zero-order valence-electron chi connectivity index (χ0n) is 18.9. The number of nitrogens with zero attached hydrogens (tertiary/aromatic N) is 6. The van der Waals surface area contributed by atoms with Crippen molar-refractivity contribution in [2.24, 2.45) is 0 Å². The molecule has 2 atom stereocenters. The van der Waals surface area contributed by atoms with Gasteiger partial charge in [-0.3, -0.25) is 0 Å². The quantitative estimate of drug-likeness (QED) is 0.472. The van der Waals surface area contributed by atoms with Crippen molar-refractivity contribution in [3.05, 3.63) is 71.8 Å². The minimum atomic E-state index is -1.19. The largest absolute Gasteiger partial charge is 0.346 e. The Morgan fingerprint density at radius 3 is 2.74 bits per heavy atom. The predicted octanol–water partition coefficient (Wildman–Crippen LogP) is 4.25. The molecule has 35 heavy (non-hydrogen) atoms. The molecule has 5 heterocycles. The van der Waals surface area contributed by atoms with E-state index in [0.29, 0.717) is 28.6 Å². The summed E-state index contributed by atoms with van der Waals surface area (Å²) in [4.78, 5) is 15.2. The maximum atomic E-state index is 14.6. The fraction of sp³-hybridized carbons (Fsp3) is 0.360. The maximum Gasteiger partial charge on any atom is 0.183 e. The summed E-state index contributed by atoms with van der Waals surface area (Å²) >= 11 is 0. The lowest BCUT2D eigenvalue weighted by atomic mass is 9.93. The number of halogens is 3. The molecule has 2 aliphatic heterocycles. The second kappa shape index (κ2) is 8.92. The minimum absolute atomic E-state index is 0.0315. The monoisotopic (exact) mass is 479 g/mol. The van der Waals surface area contributed by atoms with Crippen LogP contribution in [-0.2, 0) is 0 Å². The van der Waals surface area contributed by atoms with E-state index in [4.69, 9.17) is 4.98 Å². The molecule has 1 N–H and O–H groups in total. The van der Waals surface area contributed by atoms with Crippen LogP contribution < -0.4 is 10.2 Å². The molecule has 0 spiro atoms. The van der Waals surface area contributed by atoms with Crippen LogP contribution in [-0.4, -0.2) is 50.5 Å². The second-order valence-electron chi connectivity index (χ2n) is 9.14. The Kier molecular flexibility index (Phi) is 5.60. The molecule has 0 aliphatic carbocycles. The van der Waals surface area contributed by atoms with Gasteiger partial charge in [0.05, 0.1) is 24.3 Å². The normalized spacial score (nSPS) is 21.2. The summed E-state index contributed by atoms with van der Waals surface area (Å²) in [5.41, 5.74) is 2.39. The van der Waals surface area contributed by atoms with Gasteiger partial charge in [0, 0.05) is 18.2 Å². The van der Waals surface area contributed by atoms with Crippen molar-refractivity contribution in [1.29, 1.82) is 0 Å². The Balaban J connectivity index is 1.39. The van der Waals surface area contributed by atoms with E-state index in [-0.39, 0.29) is 18.5 Å². The number of aromatic nitrogens is 5. The number of alkyl halides is 1. The van der Waals surface area contributed by atoms with Gasteiger partial charge in [0.2, 0.25) is 0 Å². The highest BCUT2D eigenvalue weighted by Crippen LogP contribution is 2.38. The molecule has 4 aromatic rings. The van der Waals surface area contributed by atoms with Gasteiger partial charge in [-0.1, -0.05) is 0 Å². The summed E-state index contributed by atoms with van der Waals surface area (Å²) in [6.07, 6.45) is 6.27. The second-order valence-corrected chi connectivity index (χ2v) is 9.14. The lowest BCUT2D eigenvalue weighted by Gasteiger charge is -2.26. The Labute approximate surface area is 200 Å². The average Bonchev–Trinajstić information content (AvgIpc) is 3.52. The van der Waals surface area contributed by atoms with E-state index >= 15 is 0 Å². The van der Waals surface area contributed by atoms with Gasteiger partial charge in [-0.15, -0.1) is 0 Å². The molecule has 0 saturated carbocycles. The lowest BCUT2D eigenvalue weighted by Crippen LogP contribution is -2.26. The van der Waals surface area contributed by atoms with Crippen LogP contribution in [0.2, 0.25) is 0 Å². The molecule has 0 unspecified atom stereocenters. The van der Waals surface area contributed by atoms with Crippen LogP contribution in [0.25, 0.3) is 16.9 Å². The van der Waals surface area contributed by atoms with E-state index in [1.165, 1.54) is 6.33 Å². The van der Waals surface area contributed by atoms with Crippen LogP contribution >= 0.6 is 0 Å². The standard InChI is InChI=1S/C25H24F3N7/c26-17-1-2-20(28)19(9-17)22-10-18(27)13-34(22)23-4-3-21-24(33-23)25(31-14-30-21)35-12-16(11-32-35)15-5-7-29-8-6-15/h1-4,9,11-12,14-15,18,22,29H,5-8,10,13H2/t18-,22+/m0/s1. The Morgan fingerprint density at radius 2 is 1.89 bits per heavy atom. The molecule has 180 valence electrons. The van der Waals surface area contributed by atoms with E-state index < -0.39 is 23.8 Å². The highest BCUT2D eigenvalue weighted by molar-refractivity contribution is 5.82. The third-order valence-corrected chi connectivity index (χ3v) is 6.94. The number of hydrogen-bond acceptors (Lipinski definition) is 6. The summed E-state index contributed by atoms with van der Waals surface area (Å²) in [6.45, 7) is 2.00. The van der Waals surface area contributed by atoms with Crippen molar-refractivity contribution in [1.82, 2.24) is 30.0 Å². The van der Waals surface area contributed by atoms with Crippen molar-refractivity contribution >= 4 is 16.9 Å². The van der Waals surface area contributed by atoms with E-state index in [1.54, 1.807) is 21.7 Å². The molecule has 0 amide bonds. The van der Waals surface area contributed by atoms with Gasteiger partial charge in [0.1, 0.15) is 35.5 Å².